The van der Waals surface area contributed by atoms with Crippen LogP contribution in [0.3, 0.4) is 0 Å². The van der Waals surface area contributed by atoms with E-state index < -0.39 is 16.0 Å². The van der Waals surface area contributed by atoms with Crippen LogP contribution >= 0.6 is 0 Å². The van der Waals surface area contributed by atoms with Crippen molar-refractivity contribution in [3.8, 4) is 16.9 Å². The summed E-state index contributed by atoms with van der Waals surface area (Å²) >= 11 is 0. The number of aromatic nitrogens is 3. The number of nitrogens with two attached hydrogens (primary N) is 1. The van der Waals surface area contributed by atoms with Crippen molar-refractivity contribution >= 4 is 16.0 Å². The van der Waals surface area contributed by atoms with Crippen molar-refractivity contribution in [2.24, 2.45) is 5.14 Å². The van der Waals surface area contributed by atoms with Crippen LogP contribution in [-0.4, -0.2) is 34.5 Å². The molecule has 0 aliphatic carbocycles. The number of carboxylic acid groups (broad SMARTS) is 1. The lowest BCUT2D eigenvalue weighted by molar-refractivity contribution is 0.0691. The normalized spacial score (nSPS) is 11.4. The lowest BCUT2D eigenvalue weighted by Gasteiger charge is -2.08. The van der Waals surface area contributed by atoms with Crippen molar-refractivity contribution in [1.29, 1.82) is 0 Å². The van der Waals surface area contributed by atoms with Crippen LogP contribution < -0.4 is 5.14 Å². The summed E-state index contributed by atoms with van der Waals surface area (Å²) in [6.45, 7) is 1.92. The summed E-state index contributed by atoms with van der Waals surface area (Å²) in [5.41, 5.74) is 2.22. The monoisotopic (exact) mass is 358 g/mol. The Kier molecular flexibility index (Phi) is 4.11. The Balaban J connectivity index is 2.17. The van der Waals surface area contributed by atoms with Crippen LogP contribution in [0.25, 0.3) is 16.9 Å². The first kappa shape index (κ1) is 16.8. The fraction of sp³-hybridized carbons (Fsp3) is 0.0625. The molecule has 0 fully saturated rings. The summed E-state index contributed by atoms with van der Waals surface area (Å²) in [6.07, 6.45) is 0. The first-order valence-electron chi connectivity index (χ1n) is 7.16. The number of primary sulfonamides is 1. The quantitative estimate of drug-likeness (QED) is 0.729. The Morgan fingerprint density at radius 2 is 1.68 bits per heavy atom. The molecule has 3 aromatic rings. The van der Waals surface area contributed by atoms with Gasteiger partial charge in [-0.2, -0.15) is 0 Å². The Morgan fingerprint density at radius 1 is 1.08 bits per heavy atom. The molecule has 128 valence electrons. The van der Waals surface area contributed by atoms with E-state index >= 15 is 0 Å². The summed E-state index contributed by atoms with van der Waals surface area (Å²) in [7, 11) is -3.82. The molecule has 0 atom stereocenters. The summed E-state index contributed by atoms with van der Waals surface area (Å²) in [5.74, 6) is -1.21. The van der Waals surface area contributed by atoms with Crippen molar-refractivity contribution in [1.82, 2.24) is 15.0 Å². The zero-order valence-corrected chi connectivity index (χ0v) is 13.9. The van der Waals surface area contributed by atoms with Gasteiger partial charge in [0.15, 0.2) is 5.69 Å². The average molecular weight is 358 g/mol. The minimum Gasteiger partial charge on any atom is -0.476 e. The second-order valence-electron chi connectivity index (χ2n) is 5.41. The third kappa shape index (κ3) is 3.28. The minimum absolute atomic E-state index is 0.0493. The van der Waals surface area contributed by atoms with E-state index in [0.717, 1.165) is 5.56 Å². The smallest absolute Gasteiger partial charge is 0.358 e. The van der Waals surface area contributed by atoms with E-state index in [1.807, 2.05) is 19.1 Å². The molecule has 0 radical (unpaired) electrons. The van der Waals surface area contributed by atoms with Crippen LogP contribution in [0.4, 0.5) is 0 Å². The second-order valence-corrected chi connectivity index (χ2v) is 6.97. The van der Waals surface area contributed by atoms with Crippen LogP contribution in [0.2, 0.25) is 0 Å². The largest absolute Gasteiger partial charge is 0.476 e. The maximum absolute atomic E-state index is 11.5. The van der Waals surface area contributed by atoms with Crippen LogP contribution in [0.1, 0.15) is 16.1 Å². The first-order valence-corrected chi connectivity index (χ1v) is 8.71. The van der Waals surface area contributed by atoms with E-state index in [2.05, 4.69) is 10.3 Å². The van der Waals surface area contributed by atoms with Gasteiger partial charge in [0, 0.05) is 5.56 Å². The van der Waals surface area contributed by atoms with E-state index in [1.165, 1.54) is 28.9 Å². The summed E-state index contributed by atoms with van der Waals surface area (Å²) in [6, 6.07) is 12.9. The number of hydrogen-bond donors (Lipinski definition) is 2. The van der Waals surface area contributed by atoms with Gasteiger partial charge in [-0.25, -0.2) is 23.0 Å². The number of hydrogen-bond acceptors (Lipinski definition) is 5. The van der Waals surface area contributed by atoms with Crippen molar-refractivity contribution in [2.75, 3.05) is 0 Å². The third-order valence-electron chi connectivity index (χ3n) is 3.61. The highest BCUT2D eigenvalue weighted by molar-refractivity contribution is 7.89. The Labute approximate surface area is 143 Å². The maximum atomic E-state index is 11.5. The van der Waals surface area contributed by atoms with Crippen LogP contribution in [0.5, 0.6) is 0 Å². The molecule has 0 amide bonds. The molecule has 0 unspecified atom stereocenters. The summed E-state index contributed by atoms with van der Waals surface area (Å²) < 4.78 is 24.1. The minimum atomic E-state index is -3.82. The molecule has 9 heteroatoms. The van der Waals surface area contributed by atoms with Crippen molar-refractivity contribution in [2.45, 2.75) is 11.8 Å². The van der Waals surface area contributed by atoms with Crippen molar-refractivity contribution in [3.63, 3.8) is 0 Å². The molecule has 3 N–H and O–H groups in total. The topological polar surface area (TPSA) is 128 Å². The van der Waals surface area contributed by atoms with E-state index in [4.69, 9.17) is 5.14 Å². The highest BCUT2D eigenvalue weighted by Gasteiger charge is 2.21. The zero-order chi connectivity index (χ0) is 18.2. The molecule has 3 rings (SSSR count). The van der Waals surface area contributed by atoms with Gasteiger partial charge in [0.1, 0.15) is 5.69 Å². The van der Waals surface area contributed by atoms with E-state index in [9.17, 15) is 18.3 Å². The molecule has 2 aromatic carbocycles. The molecule has 0 saturated heterocycles. The van der Waals surface area contributed by atoms with Crippen LogP contribution in [0, 0.1) is 6.92 Å². The number of benzene rings is 2. The molecule has 0 bridgehead atoms. The summed E-state index contributed by atoms with van der Waals surface area (Å²) in [5, 5.41) is 22.1. The van der Waals surface area contributed by atoms with Gasteiger partial charge in [-0.05, 0) is 31.2 Å². The fourth-order valence-corrected chi connectivity index (χ4v) is 2.87. The number of aryl methyl sites for hydroxylation is 1. The van der Waals surface area contributed by atoms with Gasteiger partial charge in [0.2, 0.25) is 10.0 Å². The zero-order valence-electron chi connectivity index (χ0n) is 13.1. The average Bonchev–Trinajstić information content (AvgIpc) is 3.00. The molecule has 1 heterocycles. The summed E-state index contributed by atoms with van der Waals surface area (Å²) in [4.78, 5) is 11.4. The van der Waals surface area contributed by atoms with Gasteiger partial charge in [-0.3, -0.25) is 0 Å². The SMILES string of the molecule is Cc1ccc(-c2c(C(=O)O)nnn2-c2ccc(S(N)(=O)=O)cc2)cc1. The number of nitrogens with zero attached hydrogens (tertiary/aromatic N) is 3. The molecule has 0 saturated carbocycles. The van der Waals surface area contributed by atoms with Gasteiger partial charge in [0.25, 0.3) is 0 Å². The van der Waals surface area contributed by atoms with Crippen molar-refractivity contribution < 1.29 is 18.3 Å². The van der Waals surface area contributed by atoms with Crippen LogP contribution in [-0.2, 0) is 10.0 Å². The Hall–Kier alpha value is -3.04. The Bertz CT molecular complexity index is 1040. The van der Waals surface area contributed by atoms with Gasteiger partial charge >= 0.3 is 5.97 Å². The number of carboxylic acids is 1. The van der Waals surface area contributed by atoms with E-state index in [0.29, 0.717) is 16.9 Å². The highest BCUT2D eigenvalue weighted by Crippen LogP contribution is 2.26. The molecular weight excluding hydrogens is 344 g/mol. The lowest BCUT2D eigenvalue weighted by Crippen LogP contribution is -2.12. The molecule has 1 aromatic heterocycles. The molecule has 0 spiro atoms. The third-order valence-corrected chi connectivity index (χ3v) is 4.54. The van der Waals surface area contributed by atoms with Crippen molar-refractivity contribution in [3.05, 3.63) is 59.8 Å². The molecule has 0 aliphatic rings. The van der Waals surface area contributed by atoms with Gasteiger partial charge in [-0.1, -0.05) is 35.0 Å². The molecular formula is C16H14N4O4S. The van der Waals surface area contributed by atoms with Gasteiger partial charge in [-0.15, -0.1) is 5.10 Å². The van der Waals surface area contributed by atoms with E-state index in [1.54, 1.807) is 12.1 Å². The standard InChI is InChI=1S/C16H14N4O4S/c1-10-2-4-11(5-3-10)15-14(16(21)22)18-19-20(15)12-6-8-13(9-7-12)25(17,23)24/h2-9H,1H3,(H,21,22)(H2,17,23,24). The first-order chi connectivity index (χ1) is 11.8. The molecule has 25 heavy (non-hydrogen) atoms. The van der Waals surface area contributed by atoms with Gasteiger partial charge < -0.3 is 5.11 Å². The predicted octanol–water partition coefficient (Wildman–Crippen LogP) is 1.59. The fourth-order valence-electron chi connectivity index (χ4n) is 2.35. The van der Waals surface area contributed by atoms with Crippen LogP contribution in [0.15, 0.2) is 53.4 Å². The number of sulfonamides is 1. The second kappa shape index (κ2) is 6.11. The molecule has 0 aliphatic heterocycles. The number of rotatable bonds is 4. The predicted molar refractivity (Wildman–Crippen MR) is 89.9 cm³/mol. The van der Waals surface area contributed by atoms with Gasteiger partial charge in [0.05, 0.1) is 10.6 Å². The highest BCUT2D eigenvalue weighted by atomic mass is 32.2. The van der Waals surface area contributed by atoms with E-state index in [-0.39, 0.29) is 10.6 Å². The lowest BCUT2D eigenvalue weighted by atomic mass is 10.1. The molecule has 8 nitrogen and oxygen atoms in total. The number of aromatic carboxylic acids is 1. The maximum Gasteiger partial charge on any atom is 0.358 e. The Morgan fingerprint density at radius 3 is 2.20 bits per heavy atom. The number of carbonyl (C=O) groups is 1.